The summed E-state index contributed by atoms with van der Waals surface area (Å²) >= 11 is 0. The van der Waals surface area contributed by atoms with Crippen molar-refractivity contribution in [3.05, 3.63) is 80.5 Å². The Morgan fingerprint density at radius 2 is 1.91 bits per heavy atom. The van der Waals surface area contributed by atoms with E-state index in [0.29, 0.717) is 28.1 Å². The Morgan fingerprint density at radius 3 is 2.63 bits per heavy atom. The van der Waals surface area contributed by atoms with Crippen LogP contribution < -0.4 is 16.4 Å². The van der Waals surface area contributed by atoms with Crippen molar-refractivity contribution >= 4 is 11.2 Å². The van der Waals surface area contributed by atoms with Crippen molar-refractivity contribution in [1.82, 2.24) is 18.5 Å². The van der Waals surface area contributed by atoms with Crippen LogP contribution >= 0.6 is 0 Å². The monoisotopic (exact) mass is 473 g/mol. The molecule has 0 saturated heterocycles. The maximum Gasteiger partial charge on any atom is 0.280 e. The summed E-state index contributed by atoms with van der Waals surface area (Å²) < 4.78 is 5.01. The predicted octanol–water partition coefficient (Wildman–Crippen LogP) is 3.29. The first-order valence-corrected chi connectivity index (χ1v) is 11.9. The lowest BCUT2D eigenvalue weighted by Gasteiger charge is -2.17. The fourth-order valence-corrected chi connectivity index (χ4v) is 5.22. The maximum atomic E-state index is 13.6. The molecule has 35 heavy (non-hydrogen) atoms. The van der Waals surface area contributed by atoms with Gasteiger partial charge in [0.2, 0.25) is 0 Å². The number of aromatic nitrogens is 4. The Morgan fingerprint density at radius 1 is 1.14 bits per heavy atom. The van der Waals surface area contributed by atoms with Crippen LogP contribution in [0.4, 0.5) is 5.69 Å². The van der Waals surface area contributed by atoms with Gasteiger partial charge in [-0.2, -0.15) is 0 Å². The van der Waals surface area contributed by atoms with Gasteiger partial charge in [-0.05, 0) is 61.4 Å². The second-order valence-corrected chi connectivity index (χ2v) is 10.5. The van der Waals surface area contributed by atoms with Crippen molar-refractivity contribution in [2.45, 2.75) is 53.2 Å². The second kappa shape index (κ2) is 8.23. The van der Waals surface area contributed by atoms with Crippen molar-refractivity contribution < 1.29 is 5.11 Å². The number of aliphatic hydroxyl groups excluding tert-OH is 1. The molecule has 0 radical (unpaired) electrons. The Kier molecular flexibility index (Phi) is 5.44. The highest BCUT2D eigenvalue weighted by Crippen LogP contribution is 2.37. The molecular weight excluding hydrogens is 442 g/mol. The minimum absolute atomic E-state index is 0.0859. The van der Waals surface area contributed by atoms with Crippen molar-refractivity contribution in [3.63, 3.8) is 0 Å². The van der Waals surface area contributed by atoms with E-state index in [-0.39, 0.29) is 29.2 Å². The molecule has 0 amide bonds. The summed E-state index contributed by atoms with van der Waals surface area (Å²) in [6.07, 6.45) is 8.86. The van der Waals surface area contributed by atoms with Crippen LogP contribution in [0.15, 0.2) is 52.6 Å². The van der Waals surface area contributed by atoms with Crippen LogP contribution in [0, 0.1) is 5.41 Å². The molecule has 0 spiro atoms. The van der Waals surface area contributed by atoms with E-state index >= 15 is 0 Å². The highest BCUT2D eigenvalue weighted by atomic mass is 16.3. The maximum absolute atomic E-state index is 13.6. The third-order valence-corrected chi connectivity index (χ3v) is 6.71. The van der Waals surface area contributed by atoms with Gasteiger partial charge in [0, 0.05) is 54.7 Å². The highest BCUT2D eigenvalue weighted by Gasteiger charge is 2.31. The first-order chi connectivity index (χ1) is 16.6. The SMILES string of the molecule is CC(C)Nc1cc(-c2ccnc(-n3ccn4c5c(cc4c3=O)CC(C)(C)C5)c2CO)cn(C)c1=O. The van der Waals surface area contributed by atoms with E-state index in [9.17, 15) is 14.7 Å². The molecule has 0 aromatic carbocycles. The Balaban J connectivity index is 1.66. The second-order valence-electron chi connectivity index (χ2n) is 10.5. The molecule has 1 aliphatic rings. The molecule has 0 unspecified atom stereocenters. The number of aryl methyl sites for hydroxylation is 1. The molecule has 0 saturated carbocycles. The zero-order chi connectivity index (χ0) is 25.1. The van der Waals surface area contributed by atoms with E-state index in [1.165, 1.54) is 20.4 Å². The lowest BCUT2D eigenvalue weighted by atomic mass is 9.90. The van der Waals surface area contributed by atoms with E-state index in [4.69, 9.17) is 0 Å². The normalized spacial score (nSPS) is 14.6. The van der Waals surface area contributed by atoms with E-state index in [1.807, 2.05) is 30.5 Å². The molecule has 4 heterocycles. The summed E-state index contributed by atoms with van der Waals surface area (Å²) in [5, 5.41) is 13.6. The number of fused-ring (bicyclic) bond motifs is 3. The van der Waals surface area contributed by atoms with E-state index in [0.717, 1.165) is 18.4 Å². The van der Waals surface area contributed by atoms with Crippen LogP contribution in [0.25, 0.3) is 22.5 Å². The highest BCUT2D eigenvalue weighted by molar-refractivity contribution is 5.72. The fourth-order valence-electron chi connectivity index (χ4n) is 5.22. The molecule has 8 nitrogen and oxygen atoms in total. The Bertz CT molecular complexity index is 1570. The Hall–Kier alpha value is -3.65. The van der Waals surface area contributed by atoms with Crippen molar-refractivity contribution in [2.24, 2.45) is 12.5 Å². The molecule has 0 atom stereocenters. The summed E-state index contributed by atoms with van der Waals surface area (Å²) in [7, 11) is 1.70. The molecule has 4 aromatic rings. The van der Waals surface area contributed by atoms with Gasteiger partial charge in [-0.1, -0.05) is 13.8 Å². The summed E-state index contributed by atoms with van der Waals surface area (Å²) in [5.74, 6) is 0.381. The molecule has 0 bridgehead atoms. The van der Waals surface area contributed by atoms with Crippen molar-refractivity contribution in [1.29, 1.82) is 0 Å². The van der Waals surface area contributed by atoms with Gasteiger partial charge in [0.1, 0.15) is 17.0 Å². The molecule has 1 aliphatic carbocycles. The smallest absolute Gasteiger partial charge is 0.280 e. The summed E-state index contributed by atoms with van der Waals surface area (Å²) in [6.45, 7) is 8.11. The van der Waals surface area contributed by atoms with Crippen molar-refractivity contribution in [2.75, 3.05) is 5.32 Å². The zero-order valence-corrected chi connectivity index (χ0v) is 20.8. The van der Waals surface area contributed by atoms with Gasteiger partial charge in [-0.15, -0.1) is 0 Å². The van der Waals surface area contributed by atoms with Crippen molar-refractivity contribution in [3.8, 4) is 16.9 Å². The van der Waals surface area contributed by atoms with Crippen LogP contribution in [0.3, 0.4) is 0 Å². The van der Waals surface area contributed by atoms with E-state index in [2.05, 4.69) is 24.1 Å². The average Bonchev–Trinajstić information content (AvgIpc) is 3.28. The van der Waals surface area contributed by atoms with Crippen LogP contribution in [-0.4, -0.2) is 29.7 Å². The number of anilines is 1. The van der Waals surface area contributed by atoms with Gasteiger partial charge >= 0.3 is 0 Å². The molecule has 182 valence electrons. The minimum Gasteiger partial charge on any atom is -0.392 e. The molecule has 4 aromatic heterocycles. The first-order valence-electron chi connectivity index (χ1n) is 11.9. The van der Waals surface area contributed by atoms with Crippen LogP contribution in [0.2, 0.25) is 0 Å². The van der Waals surface area contributed by atoms with Crippen LogP contribution in [0.5, 0.6) is 0 Å². The third-order valence-electron chi connectivity index (χ3n) is 6.71. The number of rotatable bonds is 5. The van der Waals surface area contributed by atoms with E-state index in [1.54, 1.807) is 37.8 Å². The van der Waals surface area contributed by atoms with Gasteiger partial charge in [-0.3, -0.25) is 14.2 Å². The molecule has 2 N–H and O–H groups in total. The van der Waals surface area contributed by atoms with Gasteiger partial charge in [0.25, 0.3) is 11.1 Å². The lowest BCUT2D eigenvalue weighted by molar-refractivity contribution is 0.281. The fraction of sp³-hybridized carbons (Fsp3) is 0.370. The number of nitrogens with zero attached hydrogens (tertiary/aromatic N) is 4. The molecule has 0 fully saturated rings. The van der Waals surface area contributed by atoms with Gasteiger partial charge in [0.05, 0.1) is 6.61 Å². The van der Waals surface area contributed by atoms with Gasteiger partial charge in [-0.25, -0.2) is 4.98 Å². The quantitative estimate of drug-likeness (QED) is 0.464. The largest absolute Gasteiger partial charge is 0.392 e. The minimum atomic E-state index is -0.308. The van der Waals surface area contributed by atoms with E-state index < -0.39 is 0 Å². The Labute approximate surface area is 203 Å². The van der Waals surface area contributed by atoms with Crippen LogP contribution in [-0.2, 0) is 26.5 Å². The molecule has 0 aliphatic heterocycles. The molecule has 8 heteroatoms. The number of hydrogen-bond donors (Lipinski definition) is 2. The number of pyridine rings is 2. The summed E-state index contributed by atoms with van der Waals surface area (Å²) in [5.41, 5.74) is 5.36. The van der Waals surface area contributed by atoms with Gasteiger partial charge < -0.3 is 19.4 Å². The molecule has 5 rings (SSSR count). The number of aliphatic hydroxyl groups is 1. The van der Waals surface area contributed by atoms with Crippen LogP contribution in [0.1, 0.15) is 44.5 Å². The topological polar surface area (TPSA) is 93.6 Å². The standard InChI is InChI=1S/C27H31N5O3/c1-16(2)29-21-10-18(14-30(5)25(21)34)19-6-7-28-24(20(19)15-33)32-9-8-31-22(26(32)35)11-17-12-27(3,4)13-23(17)31/h6-11,14,16,29,33H,12-13,15H2,1-5H3. The predicted molar refractivity (Wildman–Crippen MR) is 137 cm³/mol. The number of nitrogens with one attached hydrogen (secondary N) is 1. The molecular formula is C27H31N5O3. The lowest BCUT2D eigenvalue weighted by Crippen LogP contribution is -2.24. The third kappa shape index (κ3) is 3.87. The number of hydrogen-bond acceptors (Lipinski definition) is 5. The average molecular weight is 474 g/mol. The first kappa shape index (κ1) is 23.1. The zero-order valence-electron chi connectivity index (χ0n) is 20.8. The van der Waals surface area contributed by atoms with Gasteiger partial charge in [0.15, 0.2) is 0 Å². The summed E-state index contributed by atoms with van der Waals surface area (Å²) in [4.78, 5) is 30.6. The summed E-state index contributed by atoms with van der Waals surface area (Å²) in [6, 6.07) is 5.66.